The average Bonchev–Trinajstić information content (AvgIpc) is 3.20. The fraction of sp³-hybridized carbons (Fsp3) is 0.250. The Morgan fingerprint density at radius 2 is 1.91 bits per heavy atom. The van der Waals surface area contributed by atoms with Crippen molar-refractivity contribution in [3.05, 3.63) is 94.7 Å². The molecule has 2 heterocycles. The molecule has 1 aromatic heterocycles. The van der Waals surface area contributed by atoms with E-state index in [0.717, 1.165) is 17.5 Å². The molecule has 8 heteroatoms. The van der Waals surface area contributed by atoms with E-state index >= 15 is 0 Å². The highest BCUT2D eigenvalue weighted by molar-refractivity contribution is 5.89. The van der Waals surface area contributed by atoms with Gasteiger partial charge in [-0.3, -0.25) is 9.36 Å². The zero-order valence-corrected chi connectivity index (χ0v) is 17.6. The minimum absolute atomic E-state index is 0.117. The Morgan fingerprint density at radius 3 is 2.66 bits per heavy atom. The van der Waals surface area contributed by atoms with Gasteiger partial charge in [0.1, 0.15) is 0 Å². The highest BCUT2D eigenvalue weighted by Gasteiger charge is 2.25. The summed E-state index contributed by atoms with van der Waals surface area (Å²) < 4.78 is 1.50. The van der Waals surface area contributed by atoms with Crippen LogP contribution >= 0.6 is 0 Å². The van der Waals surface area contributed by atoms with Crippen molar-refractivity contribution in [1.82, 2.24) is 19.8 Å². The minimum atomic E-state index is -0.360. The van der Waals surface area contributed by atoms with E-state index in [0.29, 0.717) is 31.7 Å². The number of rotatable bonds is 7. The molecule has 1 aliphatic heterocycles. The van der Waals surface area contributed by atoms with E-state index in [4.69, 9.17) is 0 Å². The van der Waals surface area contributed by atoms with Gasteiger partial charge in [0.2, 0.25) is 5.91 Å². The normalized spacial score (nSPS) is 14.2. The molecule has 2 aromatic carbocycles. The molecule has 0 aliphatic carbocycles. The number of hydrogen-bond donors (Lipinski definition) is 2. The quantitative estimate of drug-likeness (QED) is 0.601. The van der Waals surface area contributed by atoms with Crippen LogP contribution in [0, 0.1) is 0 Å². The van der Waals surface area contributed by atoms with Gasteiger partial charge in [-0.1, -0.05) is 42.5 Å². The average molecular weight is 431 g/mol. The molecule has 3 amide bonds. The van der Waals surface area contributed by atoms with Gasteiger partial charge in [0, 0.05) is 37.6 Å². The van der Waals surface area contributed by atoms with Crippen LogP contribution in [0.1, 0.15) is 30.0 Å². The fourth-order valence-corrected chi connectivity index (χ4v) is 3.81. The van der Waals surface area contributed by atoms with Crippen LogP contribution in [0.25, 0.3) is 0 Å². The number of nitrogens with one attached hydrogen (secondary N) is 2. The highest BCUT2D eigenvalue weighted by Crippen LogP contribution is 2.19. The van der Waals surface area contributed by atoms with Crippen molar-refractivity contribution in [2.75, 3.05) is 18.4 Å². The fourth-order valence-electron chi connectivity index (χ4n) is 3.81. The number of amides is 3. The lowest BCUT2D eigenvalue weighted by Crippen LogP contribution is -2.40. The molecule has 0 spiro atoms. The first-order valence-electron chi connectivity index (χ1n) is 10.6. The number of hydrogen-bond acceptors (Lipinski definition) is 4. The molecule has 1 unspecified atom stereocenters. The van der Waals surface area contributed by atoms with Gasteiger partial charge < -0.3 is 15.5 Å². The number of nitrogens with zero attached hydrogens (tertiary/aromatic N) is 3. The van der Waals surface area contributed by atoms with Crippen LogP contribution in [0.3, 0.4) is 0 Å². The van der Waals surface area contributed by atoms with Crippen LogP contribution in [0.5, 0.6) is 0 Å². The molecule has 32 heavy (non-hydrogen) atoms. The van der Waals surface area contributed by atoms with Gasteiger partial charge in [0.05, 0.1) is 12.6 Å². The van der Waals surface area contributed by atoms with E-state index < -0.39 is 0 Å². The molecular formula is C24H25N5O3. The predicted molar refractivity (Wildman–Crippen MR) is 121 cm³/mol. The lowest BCUT2D eigenvalue weighted by atomic mass is 10.1. The van der Waals surface area contributed by atoms with Gasteiger partial charge in [0.25, 0.3) is 0 Å². The zero-order chi connectivity index (χ0) is 22.3. The summed E-state index contributed by atoms with van der Waals surface area (Å²) in [5, 5.41) is 5.86. The second-order valence-electron chi connectivity index (χ2n) is 7.74. The van der Waals surface area contributed by atoms with E-state index in [2.05, 4.69) is 15.6 Å². The van der Waals surface area contributed by atoms with Crippen molar-refractivity contribution in [3.8, 4) is 0 Å². The van der Waals surface area contributed by atoms with Gasteiger partial charge in [-0.15, -0.1) is 0 Å². The molecule has 4 rings (SSSR count). The van der Waals surface area contributed by atoms with Crippen molar-refractivity contribution in [3.63, 3.8) is 0 Å². The SMILES string of the molecule is O=C(Nc1cccc(Cn2cccnc2=O)c1)NC(CN1CCCC1=O)c1ccccc1. The second-order valence-corrected chi connectivity index (χ2v) is 7.74. The van der Waals surface area contributed by atoms with Gasteiger partial charge in [-0.05, 0) is 35.7 Å². The second kappa shape index (κ2) is 9.91. The summed E-state index contributed by atoms with van der Waals surface area (Å²) in [6, 6.07) is 18.0. The standard InChI is InChI=1S/C24H25N5O3/c30-22-11-5-13-28(22)17-21(19-8-2-1-3-9-19)27-23(31)26-20-10-4-7-18(15-20)16-29-14-6-12-25-24(29)32/h1-4,6-10,12,14-15,21H,5,11,13,16-17H2,(H2,26,27,31). The third-order valence-corrected chi connectivity index (χ3v) is 5.40. The highest BCUT2D eigenvalue weighted by atomic mass is 16.2. The molecule has 1 aliphatic rings. The van der Waals surface area contributed by atoms with E-state index in [1.165, 1.54) is 10.8 Å². The maximum atomic E-state index is 12.8. The summed E-state index contributed by atoms with van der Waals surface area (Å²) in [7, 11) is 0. The molecule has 0 radical (unpaired) electrons. The zero-order valence-electron chi connectivity index (χ0n) is 17.6. The molecule has 8 nitrogen and oxygen atoms in total. The van der Waals surface area contributed by atoms with Crippen molar-refractivity contribution in [2.24, 2.45) is 0 Å². The van der Waals surface area contributed by atoms with Crippen molar-refractivity contribution in [2.45, 2.75) is 25.4 Å². The maximum Gasteiger partial charge on any atom is 0.347 e. The van der Waals surface area contributed by atoms with E-state index in [1.54, 1.807) is 23.2 Å². The van der Waals surface area contributed by atoms with Crippen molar-refractivity contribution in [1.29, 1.82) is 0 Å². The number of benzene rings is 2. The first-order valence-corrected chi connectivity index (χ1v) is 10.6. The van der Waals surface area contributed by atoms with E-state index in [9.17, 15) is 14.4 Å². The number of aromatic nitrogens is 2. The smallest absolute Gasteiger partial charge is 0.340 e. The van der Waals surface area contributed by atoms with Crippen LogP contribution in [-0.2, 0) is 11.3 Å². The Hall–Kier alpha value is -3.94. The molecule has 0 saturated carbocycles. The number of carbonyl (C=O) groups excluding carboxylic acids is 2. The summed E-state index contributed by atoms with van der Waals surface area (Å²) in [5.41, 5.74) is 2.08. The first kappa shape index (κ1) is 21.3. The van der Waals surface area contributed by atoms with Crippen LogP contribution in [0.15, 0.2) is 77.9 Å². The summed E-state index contributed by atoms with van der Waals surface area (Å²) in [4.78, 5) is 42.3. The molecule has 1 atom stereocenters. The molecule has 0 bridgehead atoms. The minimum Gasteiger partial charge on any atom is -0.340 e. The van der Waals surface area contributed by atoms with Crippen LogP contribution in [0.2, 0.25) is 0 Å². The first-order chi connectivity index (χ1) is 15.6. The number of likely N-dealkylation sites (tertiary alicyclic amines) is 1. The Balaban J connectivity index is 1.44. The van der Waals surface area contributed by atoms with Crippen molar-refractivity contribution < 1.29 is 9.59 Å². The van der Waals surface area contributed by atoms with Gasteiger partial charge >= 0.3 is 11.7 Å². The monoisotopic (exact) mass is 431 g/mol. The lowest BCUT2D eigenvalue weighted by Gasteiger charge is -2.25. The Labute approximate surface area is 185 Å². The largest absolute Gasteiger partial charge is 0.347 e. The Morgan fingerprint density at radius 1 is 1.06 bits per heavy atom. The summed E-state index contributed by atoms with van der Waals surface area (Å²) >= 11 is 0. The van der Waals surface area contributed by atoms with Crippen LogP contribution in [0.4, 0.5) is 10.5 Å². The van der Waals surface area contributed by atoms with Crippen LogP contribution < -0.4 is 16.3 Å². The predicted octanol–water partition coefficient (Wildman–Crippen LogP) is 2.78. The van der Waals surface area contributed by atoms with Gasteiger partial charge in [-0.25, -0.2) is 14.6 Å². The Kier molecular flexibility index (Phi) is 6.60. The summed E-state index contributed by atoms with van der Waals surface area (Å²) in [6.07, 6.45) is 4.53. The third kappa shape index (κ3) is 5.40. The molecular weight excluding hydrogens is 406 g/mol. The van der Waals surface area contributed by atoms with Gasteiger partial charge in [-0.2, -0.15) is 0 Å². The van der Waals surface area contributed by atoms with Crippen LogP contribution in [-0.4, -0.2) is 39.5 Å². The third-order valence-electron chi connectivity index (χ3n) is 5.40. The van der Waals surface area contributed by atoms with Gasteiger partial charge in [0.15, 0.2) is 0 Å². The van der Waals surface area contributed by atoms with E-state index in [-0.39, 0.29) is 23.7 Å². The van der Waals surface area contributed by atoms with Crippen molar-refractivity contribution >= 4 is 17.6 Å². The molecule has 1 fully saturated rings. The molecule has 1 saturated heterocycles. The molecule has 164 valence electrons. The summed E-state index contributed by atoms with van der Waals surface area (Å²) in [5.74, 6) is 0.117. The number of carbonyl (C=O) groups is 2. The number of anilines is 1. The molecule has 2 N–H and O–H groups in total. The number of urea groups is 1. The molecule has 3 aromatic rings. The van der Waals surface area contributed by atoms with E-state index in [1.807, 2.05) is 48.5 Å². The maximum absolute atomic E-state index is 12.8. The lowest BCUT2D eigenvalue weighted by molar-refractivity contribution is -0.128. The topological polar surface area (TPSA) is 96.3 Å². The summed E-state index contributed by atoms with van der Waals surface area (Å²) in [6.45, 7) is 1.50. The Bertz CT molecular complexity index is 1150.